The molecule has 84 valence electrons. The highest BCUT2D eigenvalue weighted by Gasteiger charge is 2.06. The normalized spacial score (nSPS) is 10.6. The van der Waals surface area contributed by atoms with E-state index in [1.807, 2.05) is 25.3 Å². The van der Waals surface area contributed by atoms with Crippen molar-refractivity contribution in [3.8, 4) is 0 Å². The maximum Gasteiger partial charge on any atom is 0.225 e. The zero-order valence-electron chi connectivity index (χ0n) is 9.11. The summed E-state index contributed by atoms with van der Waals surface area (Å²) in [6.07, 6.45) is 2.52. The molecule has 1 aromatic carbocycles. The Labute approximate surface area is 102 Å². The first-order valence-electron chi connectivity index (χ1n) is 4.97. The standard InChI is InChI=1S/C11H12N2OS2/c1-3-10(14)13-11-12-8-5-4-7(15-2)6-9(8)16-11/h4-6H,3H2,1-2H3,(H,12,13,14). The van der Waals surface area contributed by atoms with E-state index in [9.17, 15) is 4.79 Å². The fourth-order valence-electron chi connectivity index (χ4n) is 1.29. The molecule has 0 aliphatic rings. The van der Waals surface area contributed by atoms with Crippen molar-refractivity contribution in [3.63, 3.8) is 0 Å². The predicted octanol–water partition coefficient (Wildman–Crippen LogP) is 3.37. The number of anilines is 1. The van der Waals surface area contributed by atoms with E-state index in [4.69, 9.17) is 0 Å². The molecule has 1 heterocycles. The van der Waals surface area contributed by atoms with Crippen LogP contribution in [-0.2, 0) is 4.79 Å². The lowest BCUT2D eigenvalue weighted by Crippen LogP contribution is -2.08. The summed E-state index contributed by atoms with van der Waals surface area (Å²) in [6.45, 7) is 1.83. The van der Waals surface area contributed by atoms with Crippen LogP contribution in [0, 0.1) is 0 Å². The quantitative estimate of drug-likeness (QED) is 0.852. The molecule has 0 bridgehead atoms. The number of carbonyl (C=O) groups is 1. The molecule has 0 saturated heterocycles. The van der Waals surface area contributed by atoms with Gasteiger partial charge in [0.25, 0.3) is 0 Å². The predicted molar refractivity (Wildman–Crippen MR) is 70.3 cm³/mol. The van der Waals surface area contributed by atoms with Gasteiger partial charge in [-0.25, -0.2) is 4.98 Å². The van der Waals surface area contributed by atoms with Gasteiger partial charge >= 0.3 is 0 Å². The number of rotatable bonds is 3. The van der Waals surface area contributed by atoms with E-state index in [0.717, 1.165) is 10.2 Å². The number of aromatic nitrogens is 1. The Hall–Kier alpha value is -1.07. The summed E-state index contributed by atoms with van der Waals surface area (Å²) in [7, 11) is 0. The molecule has 0 radical (unpaired) electrons. The first kappa shape index (κ1) is 11.4. The third kappa shape index (κ3) is 2.36. The number of benzene rings is 1. The number of nitrogens with zero attached hydrogens (tertiary/aromatic N) is 1. The molecule has 0 saturated carbocycles. The van der Waals surface area contributed by atoms with Crippen LogP contribution in [0.5, 0.6) is 0 Å². The Balaban J connectivity index is 2.32. The molecule has 0 unspecified atom stereocenters. The smallest absolute Gasteiger partial charge is 0.225 e. The Morgan fingerprint density at radius 3 is 3.06 bits per heavy atom. The van der Waals surface area contributed by atoms with Gasteiger partial charge in [0.15, 0.2) is 5.13 Å². The van der Waals surface area contributed by atoms with E-state index in [-0.39, 0.29) is 5.91 Å². The highest BCUT2D eigenvalue weighted by molar-refractivity contribution is 7.98. The minimum absolute atomic E-state index is 0.00384. The number of carbonyl (C=O) groups excluding carboxylic acids is 1. The van der Waals surface area contributed by atoms with Gasteiger partial charge in [-0.15, -0.1) is 11.8 Å². The minimum atomic E-state index is 0.00384. The Kier molecular flexibility index (Phi) is 3.46. The lowest BCUT2D eigenvalue weighted by molar-refractivity contribution is -0.115. The molecule has 2 aromatic rings. The lowest BCUT2D eigenvalue weighted by atomic mass is 10.3. The largest absolute Gasteiger partial charge is 0.302 e. The van der Waals surface area contributed by atoms with Crippen molar-refractivity contribution in [3.05, 3.63) is 18.2 Å². The second-order valence-electron chi connectivity index (χ2n) is 3.25. The van der Waals surface area contributed by atoms with Crippen LogP contribution < -0.4 is 5.32 Å². The summed E-state index contributed by atoms with van der Waals surface area (Å²) >= 11 is 3.22. The van der Waals surface area contributed by atoms with Crippen LogP contribution in [0.2, 0.25) is 0 Å². The molecule has 0 atom stereocenters. The molecule has 1 N–H and O–H groups in total. The van der Waals surface area contributed by atoms with Crippen LogP contribution in [0.1, 0.15) is 13.3 Å². The number of thioether (sulfide) groups is 1. The highest BCUT2D eigenvalue weighted by atomic mass is 32.2. The van der Waals surface area contributed by atoms with Gasteiger partial charge in [-0.1, -0.05) is 18.3 Å². The topological polar surface area (TPSA) is 42.0 Å². The third-order valence-electron chi connectivity index (χ3n) is 2.16. The molecular weight excluding hydrogens is 240 g/mol. The molecule has 16 heavy (non-hydrogen) atoms. The van der Waals surface area contributed by atoms with E-state index >= 15 is 0 Å². The van der Waals surface area contributed by atoms with E-state index in [2.05, 4.69) is 16.4 Å². The van der Waals surface area contributed by atoms with Crippen LogP contribution in [0.25, 0.3) is 10.2 Å². The number of nitrogens with one attached hydrogen (secondary N) is 1. The van der Waals surface area contributed by atoms with Crippen molar-refractivity contribution >= 4 is 44.4 Å². The van der Waals surface area contributed by atoms with E-state index in [1.165, 1.54) is 16.2 Å². The molecule has 1 amide bonds. The van der Waals surface area contributed by atoms with Crippen molar-refractivity contribution in [2.24, 2.45) is 0 Å². The summed E-state index contributed by atoms with van der Waals surface area (Å²) in [5.74, 6) is 0.00384. The van der Waals surface area contributed by atoms with Crippen molar-refractivity contribution in [2.45, 2.75) is 18.2 Å². The molecule has 2 rings (SSSR count). The van der Waals surface area contributed by atoms with Crippen LogP contribution in [-0.4, -0.2) is 17.1 Å². The molecular formula is C11H12N2OS2. The zero-order chi connectivity index (χ0) is 11.5. The van der Waals surface area contributed by atoms with Gasteiger partial charge in [0.05, 0.1) is 10.2 Å². The van der Waals surface area contributed by atoms with Crippen molar-refractivity contribution in [2.75, 3.05) is 11.6 Å². The molecule has 0 aliphatic heterocycles. The Bertz CT molecular complexity index is 522. The zero-order valence-corrected chi connectivity index (χ0v) is 10.7. The van der Waals surface area contributed by atoms with Crippen LogP contribution >= 0.6 is 23.1 Å². The van der Waals surface area contributed by atoms with Crippen LogP contribution in [0.4, 0.5) is 5.13 Å². The molecule has 0 aliphatic carbocycles. The number of hydrogen-bond acceptors (Lipinski definition) is 4. The number of fused-ring (bicyclic) bond motifs is 1. The molecule has 0 fully saturated rings. The second-order valence-corrected chi connectivity index (χ2v) is 5.16. The van der Waals surface area contributed by atoms with Crippen LogP contribution in [0.15, 0.2) is 23.1 Å². The fourth-order valence-corrected chi connectivity index (χ4v) is 2.73. The van der Waals surface area contributed by atoms with Gasteiger partial charge in [0.2, 0.25) is 5.91 Å². The van der Waals surface area contributed by atoms with Crippen molar-refractivity contribution < 1.29 is 4.79 Å². The number of amides is 1. The minimum Gasteiger partial charge on any atom is -0.302 e. The van der Waals surface area contributed by atoms with Gasteiger partial charge in [-0.3, -0.25) is 4.79 Å². The summed E-state index contributed by atoms with van der Waals surface area (Å²) in [5, 5.41) is 3.46. The lowest BCUT2D eigenvalue weighted by Gasteiger charge is -1.95. The number of thiazole rings is 1. The van der Waals surface area contributed by atoms with E-state index in [0.29, 0.717) is 11.6 Å². The van der Waals surface area contributed by atoms with Crippen molar-refractivity contribution in [1.29, 1.82) is 0 Å². The highest BCUT2D eigenvalue weighted by Crippen LogP contribution is 2.29. The Morgan fingerprint density at radius 1 is 1.56 bits per heavy atom. The van der Waals surface area contributed by atoms with Gasteiger partial charge in [-0.2, -0.15) is 0 Å². The SMILES string of the molecule is CCC(=O)Nc1nc2ccc(SC)cc2s1. The molecule has 1 aromatic heterocycles. The Morgan fingerprint density at radius 2 is 2.38 bits per heavy atom. The number of hydrogen-bond donors (Lipinski definition) is 1. The average Bonchev–Trinajstić information content (AvgIpc) is 2.69. The third-order valence-corrected chi connectivity index (χ3v) is 3.82. The maximum atomic E-state index is 11.2. The summed E-state index contributed by atoms with van der Waals surface area (Å²) in [5.41, 5.74) is 0.939. The van der Waals surface area contributed by atoms with Crippen molar-refractivity contribution in [1.82, 2.24) is 4.98 Å². The van der Waals surface area contributed by atoms with Gasteiger partial charge in [-0.05, 0) is 24.5 Å². The van der Waals surface area contributed by atoms with E-state index < -0.39 is 0 Å². The summed E-state index contributed by atoms with van der Waals surface area (Å²) in [4.78, 5) is 16.8. The van der Waals surface area contributed by atoms with Gasteiger partial charge in [0.1, 0.15) is 0 Å². The van der Waals surface area contributed by atoms with Gasteiger partial charge < -0.3 is 5.32 Å². The summed E-state index contributed by atoms with van der Waals surface area (Å²) < 4.78 is 1.11. The first-order chi connectivity index (χ1) is 7.72. The van der Waals surface area contributed by atoms with E-state index in [1.54, 1.807) is 11.8 Å². The molecule has 5 heteroatoms. The molecule has 3 nitrogen and oxygen atoms in total. The summed E-state index contributed by atoms with van der Waals surface area (Å²) in [6, 6.07) is 6.12. The van der Waals surface area contributed by atoms with Crippen LogP contribution in [0.3, 0.4) is 0 Å². The monoisotopic (exact) mass is 252 g/mol. The maximum absolute atomic E-state index is 11.2. The second kappa shape index (κ2) is 4.84. The van der Waals surface area contributed by atoms with Gasteiger partial charge in [0, 0.05) is 11.3 Å². The average molecular weight is 252 g/mol. The molecule has 0 spiro atoms. The fraction of sp³-hybridized carbons (Fsp3) is 0.273. The first-order valence-corrected chi connectivity index (χ1v) is 7.01.